The van der Waals surface area contributed by atoms with Gasteiger partial charge >= 0.3 is 0 Å². The number of hydrogen-bond acceptors (Lipinski definition) is 7. The number of hydrogen-bond donors (Lipinski definition) is 1. The van der Waals surface area contributed by atoms with Crippen LogP contribution >= 0.6 is 11.8 Å². The lowest BCUT2D eigenvalue weighted by Gasteiger charge is -2.19. The lowest BCUT2D eigenvalue weighted by atomic mass is 10.0. The minimum Gasteiger partial charge on any atom is -0.503 e. The Morgan fingerprint density at radius 3 is 2.32 bits per heavy atom. The van der Waals surface area contributed by atoms with Crippen molar-refractivity contribution in [3.8, 4) is 23.1 Å². The summed E-state index contributed by atoms with van der Waals surface area (Å²) in [6, 6.07) is 11.3. The summed E-state index contributed by atoms with van der Waals surface area (Å²) in [6.45, 7) is 2.21. The molecular formula is C21H26N2O4S. The van der Waals surface area contributed by atoms with Crippen LogP contribution in [0.4, 0.5) is 0 Å². The van der Waals surface area contributed by atoms with Crippen molar-refractivity contribution in [2.75, 3.05) is 33.2 Å². The first-order chi connectivity index (χ1) is 13.6. The molecule has 2 aromatic rings. The van der Waals surface area contributed by atoms with Crippen molar-refractivity contribution < 1.29 is 19.3 Å². The number of pyridine rings is 1. The molecule has 3 atom stereocenters. The van der Waals surface area contributed by atoms with Gasteiger partial charge in [-0.2, -0.15) is 0 Å². The third-order valence-electron chi connectivity index (χ3n) is 5.55. The van der Waals surface area contributed by atoms with E-state index >= 15 is 0 Å². The van der Waals surface area contributed by atoms with E-state index in [-0.39, 0.29) is 11.6 Å². The van der Waals surface area contributed by atoms with Crippen LogP contribution in [0.2, 0.25) is 0 Å². The Kier molecular flexibility index (Phi) is 5.82. The van der Waals surface area contributed by atoms with Crippen molar-refractivity contribution in [3.05, 3.63) is 36.4 Å². The van der Waals surface area contributed by atoms with Gasteiger partial charge in [0.15, 0.2) is 5.75 Å². The lowest BCUT2D eigenvalue weighted by molar-refractivity contribution is 0.189. The Hall–Kier alpha value is -2.12. The van der Waals surface area contributed by atoms with Gasteiger partial charge in [0.2, 0.25) is 0 Å². The number of nitrogens with zero attached hydrogens (tertiary/aromatic N) is 2. The SMILES string of the molecule is COc1ccc(OC2C[C@@H]3CN(CSc4ccc(O)c(OC)n4)C[C@@H]3C2)cc1. The second-order valence-electron chi connectivity index (χ2n) is 7.39. The average molecular weight is 403 g/mol. The fourth-order valence-electron chi connectivity index (χ4n) is 4.19. The first-order valence-corrected chi connectivity index (χ1v) is 10.5. The first kappa shape index (κ1) is 19.2. The molecule has 4 rings (SSSR count). The molecule has 2 fully saturated rings. The number of thioether (sulfide) groups is 1. The number of aromatic nitrogens is 1. The molecule has 1 saturated heterocycles. The predicted octanol–water partition coefficient (Wildman–Crippen LogP) is 3.64. The summed E-state index contributed by atoms with van der Waals surface area (Å²) in [6.07, 6.45) is 2.54. The molecule has 6 nitrogen and oxygen atoms in total. The largest absolute Gasteiger partial charge is 0.503 e. The van der Waals surface area contributed by atoms with Gasteiger partial charge in [-0.05, 0) is 61.1 Å². The number of benzene rings is 1. The molecule has 7 heteroatoms. The maximum Gasteiger partial charge on any atom is 0.257 e. The van der Waals surface area contributed by atoms with Crippen LogP contribution in [0.3, 0.4) is 0 Å². The van der Waals surface area contributed by atoms with E-state index in [0.717, 1.165) is 48.3 Å². The molecule has 2 heterocycles. The fraction of sp³-hybridized carbons (Fsp3) is 0.476. The van der Waals surface area contributed by atoms with Gasteiger partial charge in [0.1, 0.15) is 16.5 Å². The third kappa shape index (κ3) is 4.31. The quantitative estimate of drug-likeness (QED) is 0.709. The highest BCUT2D eigenvalue weighted by Crippen LogP contribution is 2.40. The lowest BCUT2D eigenvalue weighted by Crippen LogP contribution is -2.24. The van der Waals surface area contributed by atoms with Crippen molar-refractivity contribution in [1.29, 1.82) is 0 Å². The molecule has 0 amide bonds. The Labute approximate surface area is 169 Å². The van der Waals surface area contributed by atoms with Gasteiger partial charge < -0.3 is 19.3 Å². The van der Waals surface area contributed by atoms with E-state index in [1.165, 1.54) is 7.11 Å². The molecule has 0 bridgehead atoms. The zero-order valence-electron chi connectivity index (χ0n) is 16.2. The van der Waals surface area contributed by atoms with Crippen LogP contribution in [0.1, 0.15) is 12.8 Å². The number of aromatic hydroxyl groups is 1. The van der Waals surface area contributed by atoms with E-state index in [4.69, 9.17) is 14.2 Å². The van der Waals surface area contributed by atoms with Crippen LogP contribution in [0.25, 0.3) is 0 Å². The zero-order valence-corrected chi connectivity index (χ0v) is 17.0. The van der Waals surface area contributed by atoms with Crippen molar-refractivity contribution in [3.63, 3.8) is 0 Å². The van der Waals surface area contributed by atoms with E-state index in [0.29, 0.717) is 17.9 Å². The summed E-state index contributed by atoms with van der Waals surface area (Å²) in [5.74, 6) is 4.43. The van der Waals surface area contributed by atoms with Crippen LogP contribution in [-0.4, -0.2) is 54.3 Å². The molecule has 2 aliphatic rings. The van der Waals surface area contributed by atoms with Gasteiger partial charge in [0.05, 0.1) is 26.2 Å². The van der Waals surface area contributed by atoms with Crippen LogP contribution in [0.15, 0.2) is 41.4 Å². The summed E-state index contributed by atoms with van der Waals surface area (Å²) >= 11 is 1.68. The second-order valence-corrected chi connectivity index (χ2v) is 8.36. The molecule has 0 spiro atoms. The number of methoxy groups -OCH3 is 2. The third-order valence-corrected chi connectivity index (χ3v) is 6.57. The summed E-state index contributed by atoms with van der Waals surface area (Å²) < 4.78 is 16.5. The smallest absolute Gasteiger partial charge is 0.257 e. The summed E-state index contributed by atoms with van der Waals surface area (Å²) in [7, 11) is 3.19. The van der Waals surface area contributed by atoms with Crippen molar-refractivity contribution in [1.82, 2.24) is 9.88 Å². The monoisotopic (exact) mass is 402 g/mol. The van der Waals surface area contributed by atoms with Gasteiger partial charge in [-0.25, -0.2) is 4.98 Å². The Morgan fingerprint density at radius 1 is 1.00 bits per heavy atom. The number of fused-ring (bicyclic) bond motifs is 1. The highest BCUT2D eigenvalue weighted by atomic mass is 32.2. The van der Waals surface area contributed by atoms with Crippen molar-refractivity contribution in [2.24, 2.45) is 11.8 Å². The molecule has 1 aliphatic carbocycles. The van der Waals surface area contributed by atoms with Crippen LogP contribution in [0.5, 0.6) is 23.1 Å². The second kappa shape index (κ2) is 8.49. The average Bonchev–Trinajstić information content (AvgIpc) is 3.26. The fourth-order valence-corrected chi connectivity index (χ4v) is 5.03. The van der Waals surface area contributed by atoms with Crippen LogP contribution < -0.4 is 14.2 Å². The summed E-state index contributed by atoms with van der Waals surface area (Å²) in [5.41, 5.74) is 0. The molecule has 150 valence electrons. The highest BCUT2D eigenvalue weighted by Gasteiger charge is 2.41. The molecule has 1 aromatic carbocycles. The van der Waals surface area contributed by atoms with Gasteiger partial charge in [-0.1, -0.05) is 11.8 Å². The minimum atomic E-state index is 0.0745. The number of likely N-dealkylation sites (tertiary alicyclic amines) is 1. The maximum absolute atomic E-state index is 9.66. The van der Waals surface area contributed by atoms with Gasteiger partial charge in [-0.15, -0.1) is 0 Å². The van der Waals surface area contributed by atoms with Crippen LogP contribution in [-0.2, 0) is 0 Å². The highest BCUT2D eigenvalue weighted by molar-refractivity contribution is 7.99. The molecule has 1 aromatic heterocycles. The van der Waals surface area contributed by atoms with Gasteiger partial charge in [-0.3, -0.25) is 4.90 Å². The molecule has 1 unspecified atom stereocenters. The van der Waals surface area contributed by atoms with E-state index in [1.807, 2.05) is 30.3 Å². The minimum absolute atomic E-state index is 0.0745. The maximum atomic E-state index is 9.66. The van der Waals surface area contributed by atoms with E-state index < -0.39 is 0 Å². The van der Waals surface area contributed by atoms with E-state index in [9.17, 15) is 5.11 Å². The topological polar surface area (TPSA) is 64.1 Å². The van der Waals surface area contributed by atoms with Crippen molar-refractivity contribution in [2.45, 2.75) is 24.0 Å². The number of ether oxygens (including phenoxy) is 3. The predicted molar refractivity (Wildman–Crippen MR) is 108 cm³/mol. The summed E-state index contributed by atoms with van der Waals surface area (Å²) in [5, 5.41) is 10.5. The number of rotatable bonds is 7. The molecule has 0 radical (unpaired) electrons. The van der Waals surface area contributed by atoms with E-state index in [1.54, 1.807) is 24.9 Å². The normalized spacial score (nSPS) is 24.1. The Balaban J connectivity index is 1.25. The zero-order chi connectivity index (χ0) is 19.5. The van der Waals surface area contributed by atoms with Crippen molar-refractivity contribution >= 4 is 11.8 Å². The summed E-state index contributed by atoms with van der Waals surface area (Å²) in [4.78, 5) is 6.82. The molecule has 1 N–H and O–H groups in total. The first-order valence-electron chi connectivity index (χ1n) is 9.54. The molecule has 1 saturated carbocycles. The molecule has 28 heavy (non-hydrogen) atoms. The van der Waals surface area contributed by atoms with Gasteiger partial charge in [0.25, 0.3) is 5.88 Å². The molecule has 1 aliphatic heterocycles. The Bertz CT molecular complexity index is 787. The molecular weight excluding hydrogens is 376 g/mol. The van der Waals surface area contributed by atoms with E-state index in [2.05, 4.69) is 9.88 Å². The van der Waals surface area contributed by atoms with Gasteiger partial charge in [0, 0.05) is 13.1 Å². The Morgan fingerprint density at radius 2 is 1.68 bits per heavy atom. The van der Waals surface area contributed by atoms with Crippen LogP contribution in [0, 0.1) is 11.8 Å². The standard InChI is InChI=1S/C21H26N2O4S/c1-25-16-3-5-17(6-4-16)27-18-9-14-11-23(12-15(14)10-18)13-28-20-8-7-19(24)21(22-20)26-2/h3-8,14-15,18,24H,9-13H2,1-2H3/t14-,15+,18?.